The van der Waals surface area contributed by atoms with E-state index in [1.165, 1.54) is 6.07 Å². The summed E-state index contributed by atoms with van der Waals surface area (Å²) >= 11 is 11.9. The molecule has 7 nitrogen and oxygen atoms in total. The van der Waals surface area contributed by atoms with Gasteiger partial charge in [-0.15, -0.1) is 0 Å². The maximum atomic E-state index is 13.7. The molecule has 3 aromatic rings. The van der Waals surface area contributed by atoms with E-state index in [2.05, 4.69) is 15.5 Å². The van der Waals surface area contributed by atoms with Crippen LogP contribution in [-0.4, -0.2) is 40.4 Å². The molecular formula is C21H20Cl2FN3O4. The highest BCUT2D eigenvalue weighted by atomic mass is 35.5. The summed E-state index contributed by atoms with van der Waals surface area (Å²) in [4.78, 5) is 16.2. The van der Waals surface area contributed by atoms with Crippen LogP contribution >= 0.6 is 23.2 Å². The number of nitrogens with zero attached hydrogens (tertiary/aromatic N) is 2. The quantitative estimate of drug-likeness (QED) is 0.493. The summed E-state index contributed by atoms with van der Waals surface area (Å²) in [6.45, 7) is 1.59. The molecule has 2 N–H and O–H groups in total. The topological polar surface area (TPSA) is 97.5 Å². The first-order chi connectivity index (χ1) is 14.8. The fourth-order valence-electron chi connectivity index (χ4n) is 2.59. The van der Waals surface area contributed by atoms with Crippen molar-refractivity contribution in [2.45, 2.75) is 25.9 Å². The van der Waals surface area contributed by atoms with Gasteiger partial charge in [-0.2, -0.15) is 4.98 Å². The Morgan fingerprint density at radius 2 is 2.13 bits per heavy atom. The van der Waals surface area contributed by atoms with Crippen molar-refractivity contribution in [3.8, 4) is 17.1 Å². The van der Waals surface area contributed by atoms with Gasteiger partial charge in [0.25, 0.3) is 0 Å². The van der Waals surface area contributed by atoms with E-state index in [9.17, 15) is 14.3 Å². The van der Waals surface area contributed by atoms with Crippen molar-refractivity contribution in [3.05, 3.63) is 63.7 Å². The van der Waals surface area contributed by atoms with Crippen LogP contribution in [0.3, 0.4) is 0 Å². The Hall–Kier alpha value is -2.68. The third-order valence-electron chi connectivity index (χ3n) is 4.35. The lowest BCUT2D eigenvalue weighted by Crippen LogP contribution is -2.35. The molecule has 1 atom stereocenters. The molecule has 0 saturated carbocycles. The number of aliphatic hydroxyl groups excluding tert-OH is 1. The molecule has 0 bridgehead atoms. The number of halogens is 3. The predicted octanol–water partition coefficient (Wildman–Crippen LogP) is 3.98. The summed E-state index contributed by atoms with van der Waals surface area (Å²) < 4.78 is 24.2. The van der Waals surface area contributed by atoms with E-state index in [4.69, 9.17) is 32.5 Å². The minimum atomic E-state index is -0.939. The van der Waals surface area contributed by atoms with Crippen LogP contribution in [0.5, 0.6) is 5.75 Å². The molecule has 0 spiro atoms. The second-order valence-corrected chi connectivity index (χ2v) is 7.58. The van der Waals surface area contributed by atoms with E-state index in [0.717, 1.165) is 0 Å². The molecule has 1 amide bonds. The molecule has 1 heterocycles. The van der Waals surface area contributed by atoms with E-state index < -0.39 is 6.10 Å². The van der Waals surface area contributed by atoms with Crippen LogP contribution in [0.1, 0.15) is 17.9 Å². The van der Waals surface area contributed by atoms with Crippen molar-refractivity contribution in [1.29, 1.82) is 0 Å². The zero-order valence-electron chi connectivity index (χ0n) is 16.6. The minimum Gasteiger partial charge on any atom is -0.489 e. The molecule has 0 fully saturated rings. The Morgan fingerprint density at radius 3 is 2.90 bits per heavy atom. The first-order valence-corrected chi connectivity index (χ1v) is 10.2. The van der Waals surface area contributed by atoms with Crippen LogP contribution in [0.2, 0.25) is 10.0 Å². The second kappa shape index (κ2) is 10.6. The number of amides is 1. The molecule has 0 aliphatic heterocycles. The number of carbonyl (C=O) groups excluding carboxylic acids is 1. The van der Waals surface area contributed by atoms with Gasteiger partial charge in [-0.3, -0.25) is 4.79 Å². The zero-order chi connectivity index (χ0) is 22.4. The highest BCUT2D eigenvalue weighted by Gasteiger charge is 2.14. The molecule has 164 valence electrons. The summed E-state index contributed by atoms with van der Waals surface area (Å²) in [5, 5.41) is 17.0. The lowest BCUT2D eigenvalue weighted by molar-refractivity contribution is -0.121. The Labute approximate surface area is 188 Å². The normalized spacial score (nSPS) is 11.9. The van der Waals surface area contributed by atoms with Gasteiger partial charge in [-0.1, -0.05) is 46.6 Å². The Bertz CT molecular complexity index is 1060. The standard InChI is InChI=1S/C21H20Cl2FN3O4/c1-12-5-6-13(9-16(12)24)21-26-19(31-27-21)8-7-18(29)25-10-14(28)11-30-17-4-2-3-15(22)20(17)23/h2-6,9,14,28H,7-8,10-11H2,1H3,(H,25,29). The number of aryl methyl sites for hydroxylation is 2. The Kier molecular flexibility index (Phi) is 7.84. The molecule has 10 heteroatoms. The van der Waals surface area contributed by atoms with Crippen LogP contribution < -0.4 is 10.1 Å². The first-order valence-electron chi connectivity index (χ1n) is 9.44. The van der Waals surface area contributed by atoms with Gasteiger partial charge in [-0.25, -0.2) is 4.39 Å². The summed E-state index contributed by atoms with van der Waals surface area (Å²) in [7, 11) is 0. The third kappa shape index (κ3) is 6.40. The van der Waals surface area contributed by atoms with Gasteiger partial charge in [0, 0.05) is 24.9 Å². The number of aromatic nitrogens is 2. The fourth-order valence-corrected chi connectivity index (χ4v) is 2.93. The van der Waals surface area contributed by atoms with Crippen LogP contribution in [0.15, 0.2) is 40.9 Å². The van der Waals surface area contributed by atoms with Crippen LogP contribution in [0.4, 0.5) is 4.39 Å². The van der Waals surface area contributed by atoms with E-state index in [0.29, 0.717) is 21.9 Å². The van der Waals surface area contributed by atoms with Gasteiger partial charge in [0.15, 0.2) is 0 Å². The highest BCUT2D eigenvalue weighted by molar-refractivity contribution is 6.42. The SMILES string of the molecule is Cc1ccc(-c2noc(CCC(=O)NCC(O)COc3cccc(Cl)c3Cl)n2)cc1F. The fraction of sp³-hybridized carbons (Fsp3) is 0.286. The number of hydrogen-bond acceptors (Lipinski definition) is 6. The van der Waals surface area contributed by atoms with Crippen LogP contribution in [-0.2, 0) is 11.2 Å². The van der Waals surface area contributed by atoms with Crippen molar-refractivity contribution >= 4 is 29.1 Å². The molecule has 3 rings (SSSR count). The average Bonchev–Trinajstić information content (AvgIpc) is 3.23. The largest absolute Gasteiger partial charge is 0.489 e. The van der Waals surface area contributed by atoms with Gasteiger partial charge in [0.1, 0.15) is 29.3 Å². The molecule has 0 radical (unpaired) electrons. The lowest BCUT2D eigenvalue weighted by Gasteiger charge is -2.14. The smallest absolute Gasteiger partial charge is 0.227 e. The second-order valence-electron chi connectivity index (χ2n) is 6.80. The third-order valence-corrected chi connectivity index (χ3v) is 5.15. The summed E-state index contributed by atoms with van der Waals surface area (Å²) in [6, 6.07) is 9.58. The van der Waals surface area contributed by atoms with E-state index in [-0.39, 0.29) is 54.5 Å². The number of carbonyl (C=O) groups is 1. The minimum absolute atomic E-state index is 0.00521. The number of ether oxygens (including phenoxy) is 1. The summed E-state index contributed by atoms with van der Waals surface area (Å²) in [5.41, 5.74) is 1.01. The maximum Gasteiger partial charge on any atom is 0.227 e. The van der Waals surface area contributed by atoms with Gasteiger partial charge in [0.2, 0.25) is 17.6 Å². The molecule has 0 aliphatic rings. The first kappa shape index (κ1) is 23.0. The molecule has 1 unspecified atom stereocenters. The predicted molar refractivity (Wildman–Crippen MR) is 114 cm³/mol. The van der Waals surface area contributed by atoms with Crippen molar-refractivity contribution in [2.24, 2.45) is 0 Å². The zero-order valence-corrected chi connectivity index (χ0v) is 18.1. The van der Waals surface area contributed by atoms with Crippen molar-refractivity contribution < 1.29 is 23.6 Å². The molecule has 0 aliphatic carbocycles. The Morgan fingerprint density at radius 1 is 1.32 bits per heavy atom. The lowest BCUT2D eigenvalue weighted by atomic mass is 10.1. The number of hydrogen-bond donors (Lipinski definition) is 2. The number of rotatable bonds is 9. The van der Waals surface area contributed by atoms with Crippen molar-refractivity contribution in [2.75, 3.05) is 13.2 Å². The Balaban J connectivity index is 1.41. The van der Waals surface area contributed by atoms with Crippen molar-refractivity contribution in [3.63, 3.8) is 0 Å². The van der Waals surface area contributed by atoms with Gasteiger partial charge >= 0.3 is 0 Å². The maximum absolute atomic E-state index is 13.7. The summed E-state index contributed by atoms with van der Waals surface area (Å²) in [6.07, 6.45) is -0.652. The van der Waals surface area contributed by atoms with Crippen molar-refractivity contribution in [1.82, 2.24) is 15.5 Å². The number of aliphatic hydroxyl groups is 1. The summed E-state index contributed by atoms with van der Waals surface area (Å²) in [5.74, 6) is 0.191. The van der Waals surface area contributed by atoms with Gasteiger partial charge in [-0.05, 0) is 30.7 Å². The van der Waals surface area contributed by atoms with Crippen LogP contribution in [0.25, 0.3) is 11.4 Å². The molecule has 2 aromatic carbocycles. The average molecular weight is 468 g/mol. The molecule has 0 saturated heterocycles. The van der Waals surface area contributed by atoms with E-state index in [1.807, 2.05) is 0 Å². The monoisotopic (exact) mass is 467 g/mol. The van der Waals surface area contributed by atoms with E-state index >= 15 is 0 Å². The number of nitrogens with one attached hydrogen (secondary N) is 1. The highest BCUT2D eigenvalue weighted by Crippen LogP contribution is 2.31. The van der Waals surface area contributed by atoms with E-state index in [1.54, 1.807) is 37.3 Å². The van der Waals surface area contributed by atoms with Gasteiger partial charge < -0.3 is 19.7 Å². The van der Waals surface area contributed by atoms with Crippen LogP contribution in [0, 0.1) is 12.7 Å². The van der Waals surface area contributed by atoms with Gasteiger partial charge in [0.05, 0.1) is 5.02 Å². The molecule has 31 heavy (non-hydrogen) atoms. The number of benzene rings is 2. The molecular weight excluding hydrogens is 448 g/mol. The molecule has 1 aromatic heterocycles.